The van der Waals surface area contributed by atoms with Crippen molar-refractivity contribution in [2.75, 3.05) is 13.7 Å². The molecule has 8 bridgehead atoms. The van der Waals surface area contributed by atoms with Crippen LogP contribution in [0, 0.1) is 13.8 Å². The standard InChI is InChI=1S/C55H70N4O6/c1-13-39-34(7)41-29-46-48(38(11)60)36(9)43(57-46)27-42-35(8)40(52(58-42)50-51(55(63)64-12)54(62)49-37(10)44(59-53(49)50)28-45(39)56-41)23-24-47(61)65-26-25-33(6)22-16-21-32(5)20-15-19-31(4)18-14-17-30(2)3/h17,19,21,25,27-29,34-35,39-40,57,59-60H,13-16,18,20,22-24,26H2,1-12H3/b31-19+,32-21+,33-25+,42-27?,45-28?,46-29?,48-38-/t34?,35-,39?,40-/m0/s1. The number of H-pyrrole nitrogens is 2. The number of rotatable bonds is 16. The molecule has 0 radical (unpaired) electrons. The van der Waals surface area contributed by atoms with E-state index in [1.54, 1.807) is 6.92 Å². The molecule has 2 unspecified atom stereocenters. The number of aryl methyl sites for hydroxylation is 2. The van der Waals surface area contributed by atoms with Crippen LogP contribution in [-0.2, 0) is 19.1 Å². The zero-order valence-electron chi connectivity index (χ0n) is 40.8. The van der Waals surface area contributed by atoms with Gasteiger partial charge in [-0.2, -0.15) is 0 Å². The Bertz CT molecular complexity index is 2790. The number of hydrogen-bond donors (Lipinski definition) is 3. The molecule has 0 fully saturated rings. The lowest BCUT2D eigenvalue weighted by Gasteiger charge is -2.16. The Balaban J connectivity index is 1.30. The number of hydrogen-bond acceptors (Lipinski definition) is 8. The van der Waals surface area contributed by atoms with Gasteiger partial charge in [-0.15, -0.1) is 0 Å². The fourth-order valence-electron chi connectivity index (χ4n) is 9.78. The van der Waals surface area contributed by atoms with Crippen LogP contribution in [0.3, 0.4) is 0 Å². The number of aromatic amines is 2. The van der Waals surface area contributed by atoms with E-state index in [0.717, 1.165) is 78.4 Å². The van der Waals surface area contributed by atoms with E-state index in [4.69, 9.17) is 19.4 Å². The number of methoxy groups -OCH3 is 1. The van der Waals surface area contributed by atoms with Crippen molar-refractivity contribution in [2.45, 2.75) is 158 Å². The average Bonchev–Trinajstić information content (AvgIpc) is 4.00. The maximum atomic E-state index is 14.4. The smallest absolute Gasteiger partial charge is 0.342 e. The third kappa shape index (κ3) is 10.7. The minimum Gasteiger partial charge on any atom is -0.512 e. The third-order valence-corrected chi connectivity index (χ3v) is 13.8. The zero-order valence-corrected chi connectivity index (χ0v) is 40.8. The summed E-state index contributed by atoms with van der Waals surface area (Å²) in [7, 11) is 1.28. The number of fused-ring (bicyclic) bond motifs is 8. The fraction of sp³-hybridized carbons (Fsp3) is 0.473. The van der Waals surface area contributed by atoms with Gasteiger partial charge in [0.2, 0.25) is 5.78 Å². The summed E-state index contributed by atoms with van der Waals surface area (Å²) in [5, 5.41) is 12.1. The molecule has 0 saturated carbocycles. The Kier molecular flexibility index (Phi) is 15.8. The van der Waals surface area contributed by atoms with E-state index in [2.05, 4.69) is 83.6 Å². The lowest BCUT2D eigenvalue weighted by molar-refractivity contribution is -0.142. The summed E-state index contributed by atoms with van der Waals surface area (Å²) in [4.78, 5) is 58.8. The number of carbonyl (C=O) groups is 3. The predicted molar refractivity (Wildman–Crippen MR) is 262 cm³/mol. The van der Waals surface area contributed by atoms with Crippen molar-refractivity contribution in [1.82, 2.24) is 19.9 Å². The molecule has 65 heavy (non-hydrogen) atoms. The summed E-state index contributed by atoms with van der Waals surface area (Å²) < 4.78 is 11.0. The Hall–Kier alpha value is -5.77. The van der Waals surface area contributed by atoms with Gasteiger partial charge in [-0.25, -0.2) is 4.79 Å². The minimum absolute atomic E-state index is 0.0674. The fourth-order valence-corrected chi connectivity index (χ4v) is 9.78. The van der Waals surface area contributed by atoms with Crippen LogP contribution in [0.4, 0.5) is 0 Å². The van der Waals surface area contributed by atoms with Crippen molar-refractivity contribution in [2.24, 2.45) is 0 Å². The second kappa shape index (κ2) is 21.0. The van der Waals surface area contributed by atoms with E-state index < -0.39 is 11.8 Å². The second-order valence-electron chi connectivity index (χ2n) is 18.8. The summed E-state index contributed by atoms with van der Waals surface area (Å²) in [6.07, 6.45) is 16.4. The normalized spacial score (nSPS) is 19.2. The second-order valence-corrected chi connectivity index (χ2v) is 18.8. The molecule has 2 aliphatic heterocycles. The molecule has 3 aromatic heterocycles. The molecule has 346 valence electrons. The highest BCUT2D eigenvalue weighted by Gasteiger charge is 2.38. The summed E-state index contributed by atoms with van der Waals surface area (Å²) in [5.74, 6) is -1.64. The van der Waals surface area contributed by atoms with Crippen molar-refractivity contribution in [1.29, 1.82) is 0 Å². The number of Topliss-reactive ketones (excluding diaryl/α,β-unsaturated/α-hetero) is 1. The van der Waals surface area contributed by atoms with E-state index in [0.29, 0.717) is 44.9 Å². The molecule has 3 N–H and O–H groups in total. The Morgan fingerprint density at radius 3 is 1.92 bits per heavy atom. The van der Waals surface area contributed by atoms with E-state index in [9.17, 15) is 19.5 Å². The van der Waals surface area contributed by atoms with Crippen LogP contribution in [-0.4, -0.2) is 56.5 Å². The van der Waals surface area contributed by atoms with Gasteiger partial charge in [0.1, 0.15) is 12.2 Å². The molecular formula is C55H70N4O6. The van der Waals surface area contributed by atoms with E-state index in [1.165, 1.54) is 29.4 Å². The van der Waals surface area contributed by atoms with Crippen LogP contribution in [0.15, 0.2) is 64.8 Å². The Morgan fingerprint density at radius 1 is 0.738 bits per heavy atom. The van der Waals surface area contributed by atoms with E-state index in [1.807, 2.05) is 38.1 Å². The number of carbonyl (C=O) groups excluding carboxylic acids is 3. The Morgan fingerprint density at radius 2 is 1.31 bits per heavy atom. The van der Waals surface area contributed by atoms with Crippen LogP contribution in [0.1, 0.15) is 188 Å². The maximum absolute atomic E-state index is 14.4. The first-order valence-electron chi connectivity index (χ1n) is 23.5. The highest BCUT2D eigenvalue weighted by Crippen LogP contribution is 2.41. The molecule has 1 aliphatic carbocycles. The molecule has 0 spiro atoms. The van der Waals surface area contributed by atoms with Crippen molar-refractivity contribution >= 4 is 51.1 Å². The van der Waals surface area contributed by atoms with Gasteiger partial charge >= 0.3 is 11.9 Å². The molecule has 3 aromatic rings. The number of aliphatic hydroxyl groups excluding tert-OH is 1. The number of ketones is 1. The van der Waals surface area contributed by atoms with Crippen LogP contribution in [0.5, 0.6) is 0 Å². The van der Waals surface area contributed by atoms with Crippen LogP contribution in [0.2, 0.25) is 0 Å². The van der Waals surface area contributed by atoms with Crippen molar-refractivity contribution in [3.63, 3.8) is 0 Å². The van der Waals surface area contributed by atoms with E-state index >= 15 is 0 Å². The zero-order chi connectivity index (χ0) is 47.3. The summed E-state index contributed by atoms with van der Waals surface area (Å²) in [5.41, 5.74) is 13.1. The molecule has 0 amide bonds. The molecular weight excluding hydrogens is 813 g/mol. The summed E-state index contributed by atoms with van der Waals surface area (Å²) in [6, 6.07) is 6.03. The largest absolute Gasteiger partial charge is 0.512 e. The number of nitrogens with one attached hydrogen (secondary N) is 2. The number of nitrogens with zero attached hydrogens (tertiary/aromatic N) is 2. The van der Waals surface area contributed by atoms with Crippen molar-refractivity contribution in [3.8, 4) is 0 Å². The van der Waals surface area contributed by atoms with Gasteiger partial charge in [0, 0.05) is 68.6 Å². The average molecular weight is 883 g/mol. The van der Waals surface area contributed by atoms with Crippen LogP contribution in [0.25, 0.3) is 33.4 Å². The van der Waals surface area contributed by atoms with Crippen LogP contribution >= 0.6 is 0 Å². The third-order valence-electron chi connectivity index (χ3n) is 13.8. The van der Waals surface area contributed by atoms with E-state index in [-0.39, 0.29) is 54.0 Å². The van der Waals surface area contributed by atoms with Gasteiger partial charge < -0.3 is 24.5 Å². The van der Waals surface area contributed by atoms with Gasteiger partial charge in [0.05, 0.1) is 35.2 Å². The molecule has 10 nitrogen and oxygen atoms in total. The number of ether oxygens (including phenoxy) is 2. The molecule has 0 aromatic carbocycles. The highest BCUT2D eigenvalue weighted by atomic mass is 16.5. The first-order valence-corrected chi connectivity index (χ1v) is 23.5. The number of allylic oxidation sites excluding steroid dienone is 7. The first-order chi connectivity index (χ1) is 30.9. The molecule has 4 atom stereocenters. The number of aromatic nitrogens is 4. The number of esters is 2. The monoisotopic (exact) mass is 883 g/mol. The summed E-state index contributed by atoms with van der Waals surface area (Å²) in [6.45, 7) is 22.9. The molecule has 5 heterocycles. The quantitative estimate of drug-likeness (QED) is 0.0951. The topological polar surface area (TPSA) is 147 Å². The number of aliphatic hydroxyl groups is 1. The van der Waals surface area contributed by atoms with Crippen molar-refractivity contribution < 1.29 is 29.0 Å². The first kappa shape index (κ1) is 48.7. The minimum atomic E-state index is -0.737. The molecule has 3 aliphatic rings. The van der Waals surface area contributed by atoms with Gasteiger partial charge in [-0.1, -0.05) is 61.3 Å². The van der Waals surface area contributed by atoms with Crippen LogP contribution < -0.4 is 10.4 Å². The predicted octanol–water partition coefficient (Wildman–Crippen LogP) is 11.8. The van der Waals surface area contributed by atoms with Gasteiger partial charge in [0.15, 0.2) is 0 Å². The molecule has 6 rings (SSSR count). The van der Waals surface area contributed by atoms with Gasteiger partial charge in [0.25, 0.3) is 0 Å². The molecule has 0 saturated heterocycles. The molecule has 10 heteroatoms. The Labute approximate surface area is 384 Å². The van der Waals surface area contributed by atoms with Gasteiger partial charge in [-0.3, -0.25) is 19.6 Å². The van der Waals surface area contributed by atoms with Crippen molar-refractivity contribution in [3.05, 3.63) is 115 Å². The lowest BCUT2D eigenvalue weighted by Crippen LogP contribution is -2.22. The van der Waals surface area contributed by atoms with Gasteiger partial charge in [-0.05, 0) is 142 Å². The highest BCUT2D eigenvalue weighted by molar-refractivity contribution is 6.48. The summed E-state index contributed by atoms with van der Waals surface area (Å²) >= 11 is 0. The maximum Gasteiger partial charge on any atom is 0.342 e. The SMILES string of the molecule is CCC1c2cc3[nH]c4c(c3C)C(=O)C(C(=O)OC)=c4c3nc(cc4[nH]c(cc(n2)C1C)/c(=C(/C)O)c4C)[C@@H](C)[C@@H]3CCC(=O)OC/C=C(\C)CC/C=C(\C)CC/C=C(\C)CCC=C(C)C. The lowest BCUT2D eigenvalue weighted by atomic mass is 9.86.